The van der Waals surface area contributed by atoms with Crippen LogP contribution in [-0.2, 0) is 0 Å². The fourth-order valence-electron chi connectivity index (χ4n) is 2.57. The second kappa shape index (κ2) is 6.47. The van der Waals surface area contributed by atoms with Crippen LogP contribution in [0.4, 0.5) is 22.0 Å². The molecular formula is C16H8F5NO4S. The van der Waals surface area contributed by atoms with Gasteiger partial charge in [0.15, 0.2) is 17.6 Å². The van der Waals surface area contributed by atoms with Crippen LogP contribution >= 0.6 is 11.8 Å². The number of nitrogens with zero attached hydrogens (tertiary/aromatic N) is 1. The van der Waals surface area contributed by atoms with Crippen LogP contribution in [0.15, 0.2) is 23.1 Å². The summed E-state index contributed by atoms with van der Waals surface area (Å²) in [5.41, 5.74) is -2.52. The SMILES string of the molecule is N#Cc1cc(F)cc(Oc2c(O)c(O)c3c(c2C(F)F)C(O)C(F)(F)S3)c1. The Morgan fingerprint density at radius 3 is 2.44 bits per heavy atom. The summed E-state index contributed by atoms with van der Waals surface area (Å²) < 4.78 is 73.2. The van der Waals surface area contributed by atoms with Crippen molar-refractivity contribution in [3.63, 3.8) is 0 Å². The molecule has 1 unspecified atom stereocenters. The normalized spacial score (nSPS) is 17.6. The number of phenolic OH excluding ortho intramolecular Hbond substituents is 2. The molecule has 0 spiro atoms. The molecule has 0 saturated carbocycles. The van der Waals surface area contributed by atoms with E-state index in [9.17, 15) is 37.3 Å². The number of aromatic hydroxyl groups is 2. The number of fused-ring (bicyclic) bond motifs is 1. The second-order valence-corrected chi connectivity index (χ2v) is 6.60. The zero-order valence-electron chi connectivity index (χ0n) is 12.9. The minimum Gasteiger partial charge on any atom is -0.503 e. The van der Waals surface area contributed by atoms with Crippen LogP contribution < -0.4 is 4.74 Å². The molecule has 2 aromatic rings. The molecule has 0 aliphatic carbocycles. The van der Waals surface area contributed by atoms with E-state index in [1.54, 1.807) is 6.07 Å². The highest BCUT2D eigenvalue weighted by atomic mass is 32.2. The molecule has 0 fully saturated rings. The number of aliphatic hydroxyl groups excluding tert-OH is 1. The van der Waals surface area contributed by atoms with Crippen molar-refractivity contribution < 1.29 is 42.0 Å². The van der Waals surface area contributed by atoms with Crippen LogP contribution in [0.25, 0.3) is 0 Å². The van der Waals surface area contributed by atoms with Crippen molar-refractivity contribution in [1.29, 1.82) is 5.26 Å². The third-order valence-electron chi connectivity index (χ3n) is 3.70. The third-order valence-corrected chi connectivity index (χ3v) is 4.82. The van der Waals surface area contributed by atoms with Gasteiger partial charge >= 0.3 is 5.25 Å². The van der Waals surface area contributed by atoms with Crippen LogP contribution in [-0.4, -0.2) is 20.6 Å². The lowest BCUT2D eigenvalue weighted by molar-refractivity contribution is -0.0328. The van der Waals surface area contributed by atoms with Crippen molar-refractivity contribution in [2.75, 3.05) is 0 Å². The van der Waals surface area contributed by atoms with Crippen molar-refractivity contribution in [1.82, 2.24) is 0 Å². The molecule has 0 radical (unpaired) electrons. The van der Waals surface area contributed by atoms with E-state index in [2.05, 4.69) is 0 Å². The smallest absolute Gasteiger partial charge is 0.327 e. The van der Waals surface area contributed by atoms with Gasteiger partial charge in [0.25, 0.3) is 6.43 Å². The van der Waals surface area contributed by atoms with Crippen molar-refractivity contribution in [3.8, 4) is 29.1 Å². The molecule has 5 nitrogen and oxygen atoms in total. The lowest BCUT2D eigenvalue weighted by atomic mass is 10.00. The zero-order chi connectivity index (χ0) is 20.1. The average Bonchev–Trinajstić information content (AvgIpc) is 2.82. The lowest BCUT2D eigenvalue weighted by Crippen LogP contribution is -2.17. The summed E-state index contributed by atoms with van der Waals surface area (Å²) in [5.74, 6) is -5.08. The van der Waals surface area contributed by atoms with Crippen molar-refractivity contribution in [2.24, 2.45) is 0 Å². The maximum absolute atomic E-state index is 13.7. The highest BCUT2D eigenvalue weighted by Crippen LogP contribution is 2.63. The predicted octanol–water partition coefficient (Wildman–Crippen LogP) is 4.57. The summed E-state index contributed by atoms with van der Waals surface area (Å²) in [4.78, 5) is -0.815. The van der Waals surface area contributed by atoms with Gasteiger partial charge < -0.3 is 20.1 Å². The van der Waals surface area contributed by atoms with Gasteiger partial charge in [-0.15, -0.1) is 0 Å². The fraction of sp³-hybridized carbons (Fsp3) is 0.188. The molecule has 2 aromatic carbocycles. The molecule has 11 heteroatoms. The molecule has 142 valence electrons. The Morgan fingerprint density at radius 1 is 1.19 bits per heavy atom. The highest BCUT2D eigenvalue weighted by molar-refractivity contribution is 8.00. The molecule has 0 amide bonds. The minimum absolute atomic E-state index is 0.240. The number of hydrogen-bond donors (Lipinski definition) is 3. The monoisotopic (exact) mass is 405 g/mol. The Hall–Kier alpha value is -2.71. The van der Waals surface area contributed by atoms with E-state index in [1.165, 1.54) is 0 Å². The molecule has 3 rings (SSSR count). The first-order valence-corrected chi connectivity index (χ1v) is 7.91. The van der Waals surface area contributed by atoms with E-state index in [0.717, 1.165) is 12.1 Å². The summed E-state index contributed by atoms with van der Waals surface area (Å²) in [6.07, 6.45) is -6.19. The Balaban J connectivity index is 2.23. The minimum atomic E-state index is -3.93. The number of alkyl halides is 4. The van der Waals surface area contributed by atoms with Crippen LogP contribution in [0, 0.1) is 17.1 Å². The van der Waals surface area contributed by atoms with Gasteiger partial charge in [-0.05, 0) is 23.9 Å². The first-order valence-electron chi connectivity index (χ1n) is 7.10. The predicted molar refractivity (Wildman–Crippen MR) is 81.7 cm³/mol. The average molecular weight is 405 g/mol. The summed E-state index contributed by atoms with van der Waals surface area (Å²) in [5, 5.41) is 34.5. The van der Waals surface area contributed by atoms with Crippen LogP contribution in [0.3, 0.4) is 0 Å². The van der Waals surface area contributed by atoms with Gasteiger partial charge in [-0.2, -0.15) is 14.0 Å². The number of benzene rings is 2. The van der Waals surface area contributed by atoms with E-state index in [-0.39, 0.29) is 17.3 Å². The first-order chi connectivity index (χ1) is 12.6. The number of nitriles is 1. The van der Waals surface area contributed by atoms with Gasteiger partial charge in [0, 0.05) is 11.6 Å². The van der Waals surface area contributed by atoms with Crippen molar-refractivity contribution in [3.05, 3.63) is 40.7 Å². The van der Waals surface area contributed by atoms with Gasteiger partial charge in [-0.25, -0.2) is 13.2 Å². The number of ether oxygens (including phenoxy) is 1. The molecule has 1 heterocycles. The first kappa shape index (κ1) is 19.1. The largest absolute Gasteiger partial charge is 0.503 e. The molecule has 1 aliphatic heterocycles. The summed E-state index contributed by atoms with van der Waals surface area (Å²) in [7, 11) is 0. The number of rotatable bonds is 3. The topological polar surface area (TPSA) is 93.7 Å². The number of phenols is 2. The molecule has 1 aliphatic rings. The zero-order valence-corrected chi connectivity index (χ0v) is 13.7. The van der Waals surface area contributed by atoms with Gasteiger partial charge in [0.1, 0.15) is 11.6 Å². The van der Waals surface area contributed by atoms with Crippen molar-refractivity contribution in [2.45, 2.75) is 22.7 Å². The molecule has 1 atom stereocenters. The Bertz CT molecular complexity index is 977. The summed E-state index contributed by atoms with van der Waals surface area (Å²) in [6.45, 7) is 0. The molecule has 27 heavy (non-hydrogen) atoms. The van der Waals surface area contributed by atoms with Gasteiger partial charge in [0.05, 0.1) is 22.1 Å². The summed E-state index contributed by atoms with van der Waals surface area (Å²) >= 11 is -0.388. The van der Waals surface area contributed by atoms with E-state index in [1.807, 2.05) is 0 Å². The third kappa shape index (κ3) is 3.11. The quantitative estimate of drug-likeness (QED) is 0.512. The van der Waals surface area contributed by atoms with Crippen LogP contribution in [0.5, 0.6) is 23.0 Å². The number of halogens is 5. The van der Waals surface area contributed by atoms with Crippen molar-refractivity contribution >= 4 is 11.8 Å². The van der Waals surface area contributed by atoms with Crippen LogP contribution in [0.2, 0.25) is 0 Å². The maximum Gasteiger partial charge on any atom is 0.327 e. The molecule has 0 bridgehead atoms. The Labute approximate surface area is 152 Å². The molecule has 3 N–H and O–H groups in total. The molecular weight excluding hydrogens is 397 g/mol. The Kier molecular flexibility index (Phi) is 4.57. The van der Waals surface area contributed by atoms with E-state index < -0.39 is 62.6 Å². The number of thioether (sulfide) groups is 1. The van der Waals surface area contributed by atoms with Crippen LogP contribution in [0.1, 0.15) is 29.2 Å². The maximum atomic E-state index is 13.7. The fourth-order valence-corrected chi connectivity index (χ4v) is 3.60. The van der Waals surface area contributed by atoms with Gasteiger partial charge in [-0.3, -0.25) is 0 Å². The highest BCUT2D eigenvalue weighted by Gasteiger charge is 2.53. The van der Waals surface area contributed by atoms with E-state index >= 15 is 0 Å². The molecule has 0 saturated heterocycles. The Morgan fingerprint density at radius 2 is 1.85 bits per heavy atom. The standard InChI is InChI=1S/C16H8F5NO4S/c17-6-1-5(4-22)2-7(3-6)26-12-8(15(18)19)9-13(11(24)10(12)23)27-16(20,21)14(9)25/h1-3,14-15,23-25H. The summed E-state index contributed by atoms with van der Waals surface area (Å²) in [6, 6.07) is 4.06. The number of hydrogen-bond acceptors (Lipinski definition) is 6. The number of aliphatic hydroxyl groups is 1. The van der Waals surface area contributed by atoms with E-state index in [0.29, 0.717) is 6.07 Å². The van der Waals surface area contributed by atoms with Gasteiger partial charge in [0.2, 0.25) is 5.75 Å². The molecule has 0 aromatic heterocycles. The van der Waals surface area contributed by atoms with Gasteiger partial charge in [-0.1, -0.05) is 0 Å². The lowest BCUT2D eigenvalue weighted by Gasteiger charge is -2.19. The van der Waals surface area contributed by atoms with E-state index in [4.69, 9.17) is 10.00 Å². The second-order valence-electron chi connectivity index (χ2n) is 5.44.